The summed E-state index contributed by atoms with van der Waals surface area (Å²) >= 11 is 0. The lowest BCUT2D eigenvalue weighted by atomic mass is 9.82. The van der Waals surface area contributed by atoms with Crippen LogP contribution in [-0.2, 0) is 4.74 Å². The Bertz CT molecular complexity index is 236. The summed E-state index contributed by atoms with van der Waals surface area (Å²) in [5.41, 5.74) is 0. The molecule has 0 bridgehead atoms. The van der Waals surface area contributed by atoms with Gasteiger partial charge in [-0.1, -0.05) is 6.92 Å². The molecule has 0 aromatic rings. The van der Waals surface area contributed by atoms with E-state index in [1.807, 2.05) is 0 Å². The first kappa shape index (κ1) is 13.3. The molecule has 2 aliphatic rings. The highest BCUT2D eigenvalue weighted by atomic mass is 16.5. The highest BCUT2D eigenvalue weighted by Gasteiger charge is 2.35. The maximum atomic E-state index is 5.84. The molecule has 3 nitrogen and oxygen atoms in total. The van der Waals surface area contributed by atoms with E-state index >= 15 is 0 Å². The summed E-state index contributed by atoms with van der Waals surface area (Å²) in [6.07, 6.45) is 4.80. The predicted molar refractivity (Wildman–Crippen MR) is 71.2 cm³/mol. The number of morpholine rings is 1. The summed E-state index contributed by atoms with van der Waals surface area (Å²) in [6.45, 7) is 8.98. The maximum Gasteiger partial charge on any atom is 0.0678 e. The zero-order chi connectivity index (χ0) is 12.4. The average Bonchev–Trinajstić information content (AvgIpc) is 2.27. The van der Waals surface area contributed by atoms with Crippen LogP contribution in [0.3, 0.4) is 0 Å². The van der Waals surface area contributed by atoms with E-state index in [1.54, 1.807) is 0 Å². The molecule has 0 spiro atoms. The molecule has 2 rings (SSSR count). The zero-order valence-electron chi connectivity index (χ0n) is 11.8. The molecule has 1 N–H and O–H groups in total. The topological polar surface area (TPSA) is 24.5 Å². The van der Waals surface area contributed by atoms with E-state index in [2.05, 4.69) is 38.0 Å². The molecule has 1 aliphatic carbocycles. The second-order valence-electron chi connectivity index (χ2n) is 6.09. The molecule has 3 heteroatoms. The molecule has 1 heterocycles. The standard InChI is InChI=1S/C14H28N2O/c1-10-5-6-13(15-4)14(7-10)16-8-11(2)17-12(3)9-16/h10-15H,5-9H2,1-4H3/t10?,11-,12+,13?,14?. The fraction of sp³-hybridized carbons (Fsp3) is 1.00. The van der Waals surface area contributed by atoms with Crippen LogP contribution in [0.25, 0.3) is 0 Å². The molecule has 0 aromatic heterocycles. The number of nitrogens with zero attached hydrogens (tertiary/aromatic N) is 1. The van der Waals surface area contributed by atoms with Gasteiger partial charge >= 0.3 is 0 Å². The molecule has 1 aliphatic heterocycles. The summed E-state index contributed by atoms with van der Waals surface area (Å²) in [5, 5.41) is 3.52. The van der Waals surface area contributed by atoms with Gasteiger partial charge in [0, 0.05) is 25.2 Å². The van der Waals surface area contributed by atoms with Crippen molar-refractivity contribution in [3.8, 4) is 0 Å². The second kappa shape index (κ2) is 5.68. The molecule has 100 valence electrons. The number of hydrogen-bond donors (Lipinski definition) is 1. The van der Waals surface area contributed by atoms with Crippen molar-refractivity contribution in [1.82, 2.24) is 10.2 Å². The van der Waals surface area contributed by atoms with E-state index in [0.29, 0.717) is 24.3 Å². The van der Waals surface area contributed by atoms with Crippen LogP contribution < -0.4 is 5.32 Å². The van der Waals surface area contributed by atoms with Crippen molar-refractivity contribution in [1.29, 1.82) is 0 Å². The number of nitrogens with one attached hydrogen (secondary N) is 1. The molecule has 5 atom stereocenters. The Morgan fingerprint density at radius 1 is 1.06 bits per heavy atom. The summed E-state index contributed by atoms with van der Waals surface area (Å²) < 4.78 is 5.84. The van der Waals surface area contributed by atoms with E-state index in [-0.39, 0.29) is 0 Å². The number of hydrogen-bond acceptors (Lipinski definition) is 3. The van der Waals surface area contributed by atoms with Crippen LogP contribution >= 0.6 is 0 Å². The molecule has 0 amide bonds. The van der Waals surface area contributed by atoms with Crippen LogP contribution in [-0.4, -0.2) is 49.3 Å². The Labute approximate surface area is 106 Å². The first-order valence-corrected chi connectivity index (χ1v) is 7.17. The molecular weight excluding hydrogens is 212 g/mol. The van der Waals surface area contributed by atoms with Crippen molar-refractivity contribution in [3.63, 3.8) is 0 Å². The molecule has 1 saturated heterocycles. The van der Waals surface area contributed by atoms with Gasteiger partial charge in [-0.3, -0.25) is 4.90 Å². The van der Waals surface area contributed by atoms with Crippen molar-refractivity contribution < 1.29 is 4.74 Å². The molecule has 0 radical (unpaired) electrons. The van der Waals surface area contributed by atoms with E-state index in [9.17, 15) is 0 Å². The third kappa shape index (κ3) is 3.21. The summed E-state index contributed by atoms with van der Waals surface area (Å²) in [4.78, 5) is 2.66. The maximum absolute atomic E-state index is 5.84. The SMILES string of the molecule is CNC1CCC(C)CC1N1C[C@@H](C)O[C@@H](C)C1. The number of ether oxygens (including phenoxy) is 1. The van der Waals surface area contributed by atoms with Gasteiger partial charge in [0.05, 0.1) is 12.2 Å². The smallest absolute Gasteiger partial charge is 0.0678 e. The number of rotatable bonds is 2. The quantitative estimate of drug-likeness (QED) is 0.797. The molecule has 1 saturated carbocycles. The molecule has 3 unspecified atom stereocenters. The van der Waals surface area contributed by atoms with Crippen molar-refractivity contribution in [2.45, 2.75) is 64.3 Å². The molecule has 0 aromatic carbocycles. The Hall–Kier alpha value is -0.120. The Morgan fingerprint density at radius 2 is 1.71 bits per heavy atom. The largest absolute Gasteiger partial charge is 0.373 e. The summed E-state index contributed by atoms with van der Waals surface area (Å²) in [7, 11) is 2.11. The van der Waals surface area contributed by atoms with E-state index < -0.39 is 0 Å². The monoisotopic (exact) mass is 240 g/mol. The van der Waals surface area contributed by atoms with E-state index in [0.717, 1.165) is 19.0 Å². The lowest BCUT2D eigenvalue weighted by Gasteiger charge is -2.46. The van der Waals surface area contributed by atoms with Crippen LogP contribution in [0.5, 0.6) is 0 Å². The predicted octanol–water partition coefficient (Wildman–Crippen LogP) is 1.87. The van der Waals surface area contributed by atoms with Crippen molar-refractivity contribution in [2.75, 3.05) is 20.1 Å². The van der Waals surface area contributed by atoms with Gasteiger partial charge in [0.15, 0.2) is 0 Å². The minimum absolute atomic E-state index is 0.383. The minimum Gasteiger partial charge on any atom is -0.373 e. The first-order chi connectivity index (χ1) is 8.10. The number of likely N-dealkylation sites (N-methyl/N-ethyl adjacent to an activating group) is 1. The molecule has 2 fully saturated rings. The third-order valence-electron chi connectivity index (χ3n) is 4.37. The lowest BCUT2D eigenvalue weighted by molar-refractivity contribution is -0.0897. The van der Waals surface area contributed by atoms with Gasteiger partial charge in [-0.2, -0.15) is 0 Å². The highest BCUT2D eigenvalue weighted by molar-refractivity contribution is 4.92. The van der Waals surface area contributed by atoms with Gasteiger partial charge in [0.2, 0.25) is 0 Å². The molecule has 17 heavy (non-hydrogen) atoms. The first-order valence-electron chi connectivity index (χ1n) is 7.17. The normalized spacial score (nSPS) is 44.8. The Balaban J connectivity index is 2.02. The van der Waals surface area contributed by atoms with Gasteiger partial charge in [-0.05, 0) is 46.1 Å². The van der Waals surface area contributed by atoms with Gasteiger partial charge < -0.3 is 10.1 Å². The fourth-order valence-corrected chi connectivity index (χ4v) is 3.58. The third-order valence-corrected chi connectivity index (χ3v) is 4.37. The molecular formula is C14H28N2O. The Kier molecular flexibility index (Phi) is 4.45. The van der Waals surface area contributed by atoms with E-state index in [4.69, 9.17) is 4.74 Å². The summed E-state index contributed by atoms with van der Waals surface area (Å²) in [5.74, 6) is 0.873. The zero-order valence-corrected chi connectivity index (χ0v) is 11.8. The summed E-state index contributed by atoms with van der Waals surface area (Å²) in [6, 6.07) is 1.38. The van der Waals surface area contributed by atoms with E-state index in [1.165, 1.54) is 19.3 Å². The fourth-order valence-electron chi connectivity index (χ4n) is 3.58. The van der Waals surface area contributed by atoms with Gasteiger partial charge in [0.25, 0.3) is 0 Å². The van der Waals surface area contributed by atoms with Crippen molar-refractivity contribution in [3.05, 3.63) is 0 Å². The average molecular weight is 240 g/mol. The van der Waals surface area contributed by atoms with Crippen LogP contribution in [0.15, 0.2) is 0 Å². The van der Waals surface area contributed by atoms with Gasteiger partial charge in [-0.15, -0.1) is 0 Å². The van der Waals surface area contributed by atoms with Crippen LogP contribution in [0.2, 0.25) is 0 Å². The Morgan fingerprint density at radius 3 is 2.29 bits per heavy atom. The highest BCUT2D eigenvalue weighted by Crippen LogP contribution is 2.29. The van der Waals surface area contributed by atoms with Crippen molar-refractivity contribution >= 4 is 0 Å². The van der Waals surface area contributed by atoms with Crippen molar-refractivity contribution in [2.24, 2.45) is 5.92 Å². The van der Waals surface area contributed by atoms with Crippen LogP contribution in [0.1, 0.15) is 40.0 Å². The van der Waals surface area contributed by atoms with Gasteiger partial charge in [-0.25, -0.2) is 0 Å². The lowest BCUT2D eigenvalue weighted by Crippen LogP contribution is -2.58. The van der Waals surface area contributed by atoms with Crippen LogP contribution in [0.4, 0.5) is 0 Å². The van der Waals surface area contributed by atoms with Gasteiger partial charge in [0.1, 0.15) is 0 Å². The van der Waals surface area contributed by atoms with Crippen LogP contribution in [0, 0.1) is 5.92 Å². The minimum atomic E-state index is 0.383. The second-order valence-corrected chi connectivity index (χ2v) is 6.09.